The highest BCUT2D eigenvalue weighted by molar-refractivity contribution is 5.65. The van der Waals surface area contributed by atoms with Crippen LogP contribution in [-0.2, 0) is 19.1 Å². The third kappa shape index (κ3) is 6.71. The molecule has 1 aliphatic heterocycles. The Morgan fingerprint density at radius 2 is 1.47 bits per heavy atom. The molecule has 12 heteroatoms. The third-order valence-electron chi connectivity index (χ3n) is 5.73. The minimum atomic E-state index is -1.40. The molecule has 1 saturated heterocycles. The van der Waals surface area contributed by atoms with Gasteiger partial charge in [-0.25, -0.2) is 0 Å². The lowest BCUT2D eigenvalue weighted by molar-refractivity contribution is -0.291. The molecular formula is C20H34N4O8. The highest BCUT2D eigenvalue weighted by atomic mass is 16.7. The molecule has 1 heterocycles. The molecule has 1 aliphatic carbocycles. The van der Waals surface area contributed by atoms with Crippen molar-refractivity contribution in [3.05, 3.63) is 24.3 Å². The Bertz CT molecular complexity index is 646. The van der Waals surface area contributed by atoms with E-state index in [0.29, 0.717) is 25.7 Å². The molecule has 10 atom stereocenters. The molecule has 12 nitrogen and oxygen atoms in total. The van der Waals surface area contributed by atoms with Gasteiger partial charge in [0.25, 0.3) is 0 Å². The van der Waals surface area contributed by atoms with Crippen LogP contribution in [0.1, 0.15) is 6.42 Å². The number of allylic oxidation sites excluding steroid dienone is 2. The molecule has 2 aliphatic rings. The number of carbonyl (C=O) groups excluding carboxylic acids is 2. The van der Waals surface area contributed by atoms with Gasteiger partial charge in [-0.05, 0) is 18.6 Å². The monoisotopic (exact) mass is 458 g/mol. The van der Waals surface area contributed by atoms with Crippen LogP contribution in [0.15, 0.2) is 24.3 Å². The molecule has 2 fully saturated rings. The second-order valence-corrected chi connectivity index (χ2v) is 8.09. The number of aliphatic hydroxyl groups is 4. The van der Waals surface area contributed by atoms with Crippen LogP contribution in [0, 0.1) is 0 Å². The first-order valence-electron chi connectivity index (χ1n) is 10.4. The van der Waals surface area contributed by atoms with Gasteiger partial charge in [0, 0.05) is 31.7 Å². The van der Waals surface area contributed by atoms with Gasteiger partial charge in [-0.1, -0.05) is 12.2 Å². The number of aliphatic hydroxyl groups excluding tert-OH is 4. The van der Waals surface area contributed by atoms with Crippen LogP contribution in [0.2, 0.25) is 0 Å². The second-order valence-electron chi connectivity index (χ2n) is 8.09. The molecule has 0 aromatic carbocycles. The molecule has 32 heavy (non-hydrogen) atoms. The van der Waals surface area contributed by atoms with Gasteiger partial charge in [0.15, 0.2) is 6.29 Å². The molecule has 182 valence electrons. The number of ether oxygens (including phenoxy) is 2. The average molecular weight is 459 g/mol. The maximum absolute atomic E-state index is 10.5. The number of nitrogens with two attached hydrogens (primary N) is 3. The Kier molecular flexibility index (Phi) is 10.5. The summed E-state index contributed by atoms with van der Waals surface area (Å²) in [5.41, 5.74) is 17.8. The van der Waals surface area contributed by atoms with Crippen molar-refractivity contribution < 1.29 is 39.5 Å². The van der Waals surface area contributed by atoms with Crippen LogP contribution in [0.3, 0.4) is 0 Å². The number of aldehydes is 2. The molecule has 10 N–H and O–H groups in total. The summed E-state index contributed by atoms with van der Waals surface area (Å²) < 4.78 is 11.6. The van der Waals surface area contributed by atoms with Crippen molar-refractivity contribution in [2.24, 2.45) is 17.2 Å². The van der Waals surface area contributed by atoms with E-state index in [0.717, 1.165) is 0 Å². The molecule has 0 bridgehead atoms. The average Bonchev–Trinajstić information content (AvgIpc) is 2.76. The molecule has 1 saturated carbocycles. The number of hydrogen-bond acceptors (Lipinski definition) is 12. The lowest BCUT2D eigenvalue weighted by Crippen LogP contribution is -2.67. The molecule has 0 spiro atoms. The van der Waals surface area contributed by atoms with Crippen molar-refractivity contribution in [2.45, 2.75) is 67.5 Å². The molecule has 0 unspecified atom stereocenters. The Labute approximate surface area is 186 Å². The first kappa shape index (κ1) is 26.7. The fraction of sp³-hybridized carbons (Fsp3) is 0.700. The topological polar surface area (TPSA) is 215 Å². The fourth-order valence-electron chi connectivity index (χ4n) is 3.86. The Balaban J connectivity index is 2.12. The summed E-state index contributed by atoms with van der Waals surface area (Å²) in [7, 11) is 0. The molecule has 2 rings (SSSR count). The largest absolute Gasteiger partial charge is 0.389 e. The van der Waals surface area contributed by atoms with E-state index in [1.807, 2.05) is 0 Å². The summed E-state index contributed by atoms with van der Waals surface area (Å²) in [5.74, 6) is 0. The highest BCUT2D eigenvalue weighted by Crippen LogP contribution is 2.27. The van der Waals surface area contributed by atoms with Crippen LogP contribution in [0.5, 0.6) is 0 Å². The summed E-state index contributed by atoms with van der Waals surface area (Å²) in [4.78, 5) is 22.9. The zero-order valence-electron chi connectivity index (χ0n) is 17.7. The highest BCUT2D eigenvalue weighted by Gasteiger charge is 2.48. The van der Waals surface area contributed by atoms with E-state index >= 15 is 0 Å². The first-order valence-corrected chi connectivity index (χ1v) is 10.4. The van der Waals surface area contributed by atoms with E-state index in [1.54, 1.807) is 17.1 Å². The standard InChI is InChI=1S/C20H34N4O8/c21-11-9-12(22)19(18(30)15(11)27)32-20-14(23)17(29)16(28)13(31-20)10-24(5-1-3-7-25)6-2-4-8-26/h1-4,7-8,11-20,27-30H,5-6,9-10,21-23H2/b3-1+,4-2+/t11-,12+,13-,14-,15+,16-,17-,18-,19-,20-/m1/s1. The summed E-state index contributed by atoms with van der Waals surface area (Å²) in [5, 5.41) is 41.3. The van der Waals surface area contributed by atoms with E-state index in [9.17, 15) is 30.0 Å². The number of rotatable bonds is 10. The van der Waals surface area contributed by atoms with Crippen molar-refractivity contribution in [1.82, 2.24) is 4.90 Å². The minimum absolute atomic E-state index is 0.101. The predicted molar refractivity (Wildman–Crippen MR) is 113 cm³/mol. The SMILES string of the molecule is N[C@H]1[C@@H](O[C@H]2[C@H](O)[C@@H](O)[C@H](N)C[C@@H]2N)O[C@H](CN(C/C=C/C=O)C/C=C/C=O)[C@@H](O)[C@@H]1O. The van der Waals surface area contributed by atoms with Gasteiger partial charge in [0.2, 0.25) is 0 Å². The maximum Gasteiger partial charge on any atom is 0.176 e. The van der Waals surface area contributed by atoms with Crippen molar-refractivity contribution in [3.63, 3.8) is 0 Å². The van der Waals surface area contributed by atoms with Gasteiger partial charge in [0.1, 0.15) is 43.1 Å². The summed E-state index contributed by atoms with van der Waals surface area (Å²) >= 11 is 0. The first-order chi connectivity index (χ1) is 15.2. The maximum atomic E-state index is 10.5. The number of hydrogen-bond donors (Lipinski definition) is 7. The van der Waals surface area contributed by atoms with Crippen LogP contribution >= 0.6 is 0 Å². The van der Waals surface area contributed by atoms with Crippen molar-refractivity contribution >= 4 is 12.6 Å². The van der Waals surface area contributed by atoms with Gasteiger partial charge in [-0.3, -0.25) is 14.5 Å². The Morgan fingerprint density at radius 3 is 2.03 bits per heavy atom. The molecule has 0 aromatic rings. The second kappa shape index (κ2) is 12.6. The van der Waals surface area contributed by atoms with Gasteiger partial charge in [-0.15, -0.1) is 0 Å². The van der Waals surface area contributed by atoms with Gasteiger partial charge >= 0.3 is 0 Å². The third-order valence-corrected chi connectivity index (χ3v) is 5.73. The minimum Gasteiger partial charge on any atom is -0.389 e. The van der Waals surface area contributed by atoms with Crippen LogP contribution < -0.4 is 17.2 Å². The zero-order chi connectivity index (χ0) is 23.8. The van der Waals surface area contributed by atoms with E-state index in [2.05, 4.69) is 0 Å². The Hall–Kier alpha value is -1.58. The molecule has 0 radical (unpaired) electrons. The molecular weight excluding hydrogens is 424 g/mol. The normalized spacial score (nSPS) is 40.9. The molecule has 0 aromatic heterocycles. The Morgan fingerprint density at radius 1 is 0.875 bits per heavy atom. The predicted octanol–water partition coefficient (Wildman–Crippen LogP) is -4.26. The summed E-state index contributed by atoms with van der Waals surface area (Å²) in [6, 6.07) is -2.57. The molecule has 0 amide bonds. The number of carbonyl (C=O) groups is 2. The van der Waals surface area contributed by atoms with Crippen molar-refractivity contribution in [3.8, 4) is 0 Å². The van der Waals surface area contributed by atoms with Gasteiger partial charge in [-0.2, -0.15) is 0 Å². The van der Waals surface area contributed by atoms with E-state index < -0.39 is 61.0 Å². The van der Waals surface area contributed by atoms with E-state index in [4.69, 9.17) is 26.7 Å². The number of nitrogens with zero attached hydrogens (tertiary/aromatic N) is 1. The fourth-order valence-corrected chi connectivity index (χ4v) is 3.86. The van der Waals surface area contributed by atoms with Gasteiger partial charge < -0.3 is 47.1 Å². The van der Waals surface area contributed by atoms with Crippen LogP contribution in [0.25, 0.3) is 0 Å². The van der Waals surface area contributed by atoms with Crippen LogP contribution in [-0.4, -0.2) is 119 Å². The van der Waals surface area contributed by atoms with Crippen LogP contribution in [0.4, 0.5) is 0 Å². The van der Waals surface area contributed by atoms with Crippen molar-refractivity contribution in [2.75, 3.05) is 19.6 Å². The van der Waals surface area contributed by atoms with Gasteiger partial charge in [0.05, 0.1) is 12.1 Å². The smallest absolute Gasteiger partial charge is 0.176 e. The summed E-state index contributed by atoms with van der Waals surface area (Å²) in [6.45, 7) is 0.709. The van der Waals surface area contributed by atoms with E-state index in [-0.39, 0.29) is 13.0 Å². The zero-order valence-corrected chi connectivity index (χ0v) is 17.7. The lowest BCUT2D eigenvalue weighted by Gasteiger charge is -2.46. The van der Waals surface area contributed by atoms with E-state index in [1.165, 1.54) is 12.2 Å². The lowest BCUT2D eigenvalue weighted by atomic mass is 9.84. The quantitative estimate of drug-likeness (QED) is 0.122. The van der Waals surface area contributed by atoms with Crippen molar-refractivity contribution in [1.29, 1.82) is 0 Å². The summed E-state index contributed by atoms with van der Waals surface area (Å²) in [6.07, 6.45) is -1.37.